The van der Waals surface area contributed by atoms with Crippen molar-refractivity contribution < 1.29 is 31.8 Å². The second kappa shape index (κ2) is 9.85. The fraction of sp³-hybridized carbons (Fsp3) is 0.462. The number of aromatic nitrogens is 2. The van der Waals surface area contributed by atoms with Crippen molar-refractivity contribution in [1.82, 2.24) is 14.9 Å². The second-order valence-electron chi connectivity index (χ2n) is 9.62. The Balaban J connectivity index is 1.34. The fourth-order valence-electron chi connectivity index (χ4n) is 5.63. The van der Waals surface area contributed by atoms with E-state index in [9.17, 15) is 18.0 Å². The van der Waals surface area contributed by atoms with E-state index in [-0.39, 0.29) is 35.0 Å². The molecule has 7 nitrogen and oxygen atoms in total. The van der Waals surface area contributed by atoms with Crippen molar-refractivity contribution in [2.45, 2.75) is 56.9 Å². The summed E-state index contributed by atoms with van der Waals surface area (Å²) in [7, 11) is 1.71. The van der Waals surface area contributed by atoms with Gasteiger partial charge in [0.05, 0.1) is 17.9 Å². The number of nitrogens with two attached hydrogens (primary N) is 1. The Hall–Kier alpha value is -3.34. The lowest BCUT2D eigenvalue weighted by molar-refractivity contribution is -0.274. The number of nitrogen functional groups attached to an aromatic ring is 1. The highest BCUT2D eigenvalue weighted by atomic mass is 19.4. The number of benzene rings is 1. The number of rotatable bonds is 4. The molecule has 1 fully saturated rings. The lowest BCUT2D eigenvalue weighted by Crippen LogP contribution is -2.38. The van der Waals surface area contributed by atoms with Crippen LogP contribution in [0.3, 0.4) is 0 Å². The molecule has 0 bridgehead atoms. The molecule has 5 rings (SSSR count). The molecule has 2 aliphatic rings. The van der Waals surface area contributed by atoms with E-state index < -0.39 is 12.1 Å². The number of anilines is 1. The first-order valence-electron chi connectivity index (χ1n) is 12.3. The van der Waals surface area contributed by atoms with Gasteiger partial charge in [-0.15, -0.1) is 13.2 Å². The van der Waals surface area contributed by atoms with Gasteiger partial charge in [0.2, 0.25) is 0 Å². The average molecular weight is 521 g/mol. The van der Waals surface area contributed by atoms with Crippen LogP contribution in [0.5, 0.6) is 5.75 Å². The van der Waals surface area contributed by atoms with Crippen LogP contribution in [0.15, 0.2) is 24.4 Å². The van der Waals surface area contributed by atoms with Gasteiger partial charge in [-0.3, -0.25) is 4.79 Å². The number of amides is 1. The Labute approximate surface area is 210 Å². The monoisotopic (exact) mass is 520 g/mol. The Morgan fingerprint density at radius 3 is 2.57 bits per heavy atom. The van der Waals surface area contributed by atoms with Gasteiger partial charge in [0.25, 0.3) is 5.91 Å². The first-order valence-corrected chi connectivity index (χ1v) is 12.3. The summed E-state index contributed by atoms with van der Waals surface area (Å²) in [4.78, 5) is 22.4. The van der Waals surface area contributed by atoms with E-state index in [2.05, 4.69) is 14.7 Å². The van der Waals surface area contributed by atoms with Crippen LogP contribution >= 0.6 is 0 Å². The topological polar surface area (TPSA) is 93.5 Å². The second-order valence-corrected chi connectivity index (χ2v) is 9.62. The normalized spacial score (nSPS) is 19.1. The molecule has 3 aromatic rings. The summed E-state index contributed by atoms with van der Waals surface area (Å²) < 4.78 is 62.1. The van der Waals surface area contributed by atoms with Crippen molar-refractivity contribution in [3.63, 3.8) is 0 Å². The number of hydrogen-bond acceptors (Lipinski definition) is 5. The minimum Gasteiger partial charge on any atom is -0.406 e. The maximum Gasteiger partial charge on any atom is 0.573 e. The summed E-state index contributed by atoms with van der Waals surface area (Å²) in [5.41, 5.74) is 9.38. The lowest BCUT2D eigenvalue weighted by atomic mass is 9.86. The van der Waals surface area contributed by atoms with Gasteiger partial charge in [-0.05, 0) is 62.1 Å². The molecule has 198 valence electrons. The average Bonchev–Trinajstić information content (AvgIpc) is 3.07. The van der Waals surface area contributed by atoms with E-state index in [0.29, 0.717) is 37.1 Å². The quantitative estimate of drug-likeness (QED) is 0.284. The molecule has 1 amide bonds. The number of halogens is 4. The highest BCUT2D eigenvalue weighted by Gasteiger charge is 2.33. The largest absolute Gasteiger partial charge is 0.573 e. The number of nitrogens with zero attached hydrogens (tertiary/aromatic N) is 2. The van der Waals surface area contributed by atoms with Crippen molar-refractivity contribution in [2.75, 3.05) is 25.9 Å². The number of likely N-dealkylation sites (tertiary alicyclic amines) is 1. The van der Waals surface area contributed by atoms with Gasteiger partial charge < -0.3 is 25.1 Å². The molecule has 1 aromatic carbocycles. The van der Waals surface area contributed by atoms with Gasteiger partial charge in [0.15, 0.2) is 0 Å². The minimum atomic E-state index is -4.85. The van der Waals surface area contributed by atoms with Crippen LogP contribution in [0.25, 0.3) is 11.0 Å². The molecule has 1 aliphatic heterocycles. The molecule has 2 aromatic heterocycles. The summed E-state index contributed by atoms with van der Waals surface area (Å²) in [6, 6.07) is 3.29. The Kier molecular flexibility index (Phi) is 6.74. The number of pyridine rings is 1. The number of carbonyl (C=O) groups excluding carboxylic acids is 1. The molecule has 3 heterocycles. The third-order valence-corrected chi connectivity index (χ3v) is 7.45. The van der Waals surface area contributed by atoms with Gasteiger partial charge in [-0.1, -0.05) is 0 Å². The van der Waals surface area contributed by atoms with E-state index in [0.717, 1.165) is 54.5 Å². The number of methoxy groups -OCH3 is 1. The summed E-state index contributed by atoms with van der Waals surface area (Å²) >= 11 is 0. The molecule has 1 atom stereocenters. The zero-order valence-electron chi connectivity index (χ0n) is 20.3. The standard InChI is InChI=1S/C26H28F4N4O3/c1-36-15-2-6-18-21(7-4-15)33-24-23(18)22(19(27)13-32-24)14-8-10-34(11-9-14)25(35)17-5-3-16(12-20(17)31)37-26(28,29)30/h3,5,12-15H,2,4,6-11,31H2,1H3,(H,32,33). The van der Waals surface area contributed by atoms with E-state index in [1.165, 1.54) is 12.3 Å². The molecule has 0 saturated carbocycles. The summed E-state index contributed by atoms with van der Waals surface area (Å²) in [6.07, 6.45) is 0.981. The van der Waals surface area contributed by atoms with Crippen molar-refractivity contribution >= 4 is 22.6 Å². The minimum absolute atomic E-state index is 0.0971. The van der Waals surface area contributed by atoms with Crippen molar-refractivity contribution in [3.05, 3.63) is 52.6 Å². The fourth-order valence-corrected chi connectivity index (χ4v) is 5.63. The van der Waals surface area contributed by atoms with Gasteiger partial charge in [-0.25, -0.2) is 9.37 Å². The van der Waals surface area contributed by atoms with Crippen LogP contribution in [0.2, 0.25) is 0 Å². The molecular formula is C26H28F4N4O3. The van der Waals surface area contributed by atoms with Gasteiger partial charge in [-0.2, -0.15) is 0 Å². The Morgan fingerprint density at radius 2 is 1.89 bits per heavy atom. The number of aryl methyl sites for hydroxylation is 2. The van der Waals surface area contributed by atoms with Crippen LogP contribution in [-0.4, -0.2) is 53.4 Å². The Morgan fingerprint density at radius 1 is 1.16 bits per heavy atom. The molecule has 1 aliphatic carbocycles. The van der Waals surface area contributed by atoms with Crippen LogP contribution < -0.4 is 10.5 Å². The molecule has 3 N–H and O–H groups in total. The number of alkyl halides is 3. The van der Waals surface area contributed by atoms with Crippen molar-refractivity contribution in [2.24, 2.45) is 0 Å². The molecule has 11 heteroatoms. The van der Waals surface area contributed by atoms with Gasteiger partial charge in [0, 0.05) is 48.6 Å². The number of fused-ring (bicyclic) bond motifs is 3. The number of aromatic amines is 1. The highest BCUT2D eigenvalue weighted by Crippen LogP contribution is 2.39. The first kappa shape index (κ1) is 25.3. The van der Waals surface area contributed by atoms with Gasteiger partial charge >= 0.3 is 6.36 Å². The Bertz CT molecular complexity index is 1320. The summed E-state index contributed by atoms with van der Waals surface area (Å²) in [6.45, 7) is 0.733. The zero-order valence-corrected chi connectivity index (χ0v) is 20.3. The molecule has 1 saturated heterocycles. The predicted octanol–water partition coefficient (Wildman–Crippen LogP) is 5.10. The lowest BCUT2D eigenvalue weighted by Gasteiger charge is -2.33. The molecule has 1 unspecified atom stereocenters. The number of H-pyrrole nitrogens is 1. The zero-order chi connectivity index (χ0) is 26.3. The van der Waals surface area contributed by atoms with Crippen LogP contribution in [0.1, 0.15) is 58.8 Å². The molecular weight excluding hydrogens is 492 g/mol. The first-order chi connectivity index (χ1) is 17.6. The number of ether oxygens (including phenoxy) is 2. The van der Waals surface area contributed by atoms with Crippen molar-refractivity contribution in [1.29, 1.82) is 0 Å². The highest BCUT2D eigenvalue weighted by molar-refractivity contribution is 5.99. The van der Waals surface area contributed by atoms with E-state index in [4.69, 9.17) is 10.5 Å². The van der Waals surface area contributed by atoms with Crippen LogP contribution in [0.4, 0.5) is 23.2 Å². The maximum atomic E-state index is 15.2. The molecule has 0 spiro atoms. The molecule has 37 heavy (non-hydrogen) atoms. The predicted molar refractivity (Wildman–Crippen MR) is 129 cm³/mol. The number of hydrogen-bond donors (Lipinski definition) is 2. The third kappa shape index (κ3) is 5.09. The van der Waals surface area contributed by atoms with Crippen molar-refractivity contribution in [3.8, 4) is 5.75 Å². The maximum absolute atomic E-state index is 15.2. The van der Waals surface area contributed by atoms with Crippen LogP contribution in [-0.2, 0) is 17.6 Å². The smallest absolute Gasteiger partial charge is 0.406 e. The third-order valence-electron chi connectivity index (χ3n) is 7.45. The van der Waals surface area contributed by atoms with E-state index in [1.807, 2.05) is 0 Å². The van der Waals surface area contributed by atoms with E-state index in [1.54, 1.807) is 12.0 Å². The number of nitrogens with one attached hydrogen (secondary N) is 1. The number of carbonyl (C=O) groups is 1. The van der Waals surface area contributed by atoms with E-state index >= 15 is 4.39 Å². The SMILES string of the molecule is COC1CCc2[nH]c3ncc(F)c(C4CCN(C(=O)c5ccc(OC(F)(F)F)cc5N)CC4)c3c2CC1. The molecule has 0 radical (unpaired) electrons. The summed E-state index contributed by atoms with van der Waals surface area (Å²) in [5.74, 6) is -1.32. The van der Waals surface area contributed by atoms with Gasteiger partial charge in [0.1, 0.15) is 17.2 Å². The number of piperidine rings is 1. The summed E-state index contributed by atoms with van der Waals surface area (Å²) in [5, 5.41) is 0.848. The van der Waals surface area contributed by atoms with Crippen LogP contribution in [0, 0.1) is 5.82 Å².